The Morgan fingerprint density at radius 3 is 2.94 bits per heavy atom. The summed E-state index contributed by atoms with van der Waals surface area (Å²) in [6.07, 6.45) is 3.96. The Hall–Kier alpha value is -1.71. The van der Waals surface area contributed by atoms with Crippen LogP contribution < -0.4 is 10.5 Å². The minimum absolute atomic E-state index is 0.594. The maximum Gasteiger partial charge on any atom is 0.201 e. The van der Waals surface area contributed by atoms with Crippen molar-refractivity contribution >= 4 is 17.0 Å². The molecule has 0 saturated heterocycles. The highest BCUT2D eigenvalue weighted by atomic mass is 16.5. The maximum atomic E-state index is 6.00. The van der Waals surface area contributed by atoms with Crippen LogP contribution in [-0.2, 0) is 6.54 Å². The lowest BCUT2D eigenvalue weighted by Crippen LogP contribution is -2.19. The summed E-state index contributed by atoms with van der Waals surface area (Å²) in [4.78, 5) is 4.41. The lowest BCUT2D eigenvalue weighted by atomic mass is 9.85. The highest BCUT2D eigenvalue weighted by Crippen LogP contribution is 2.32. The zero-order valence-electron chi connectivity index (χ0n) is 10.0. The Morgan fingerprint density at radius 1 is 1.47 bits per heavy atom. The van der Waals surface area contributed by atoms with Crippen molar-refractivity contribution in [3.63, 3.8) is 0 Å². The fourth-order valence-corrected chi connectivity index (χ4v) is 2.43. The first-order chi connectivity index (χ1) is 8.29. The SMILES string of the molecule is COc1cccc2c1nc(N)n2CC1CCC1. The summed E-state index contributed by atoms with van der Waals surface area (Å²) in [5.41, 5.74) is 7.95. The number of para-hydroxylation sites is 1. The van der Waals surface area contributed by atoms with Crippen molar-refractivity contribution in [2.24, 2.45) is 5.92 Å². The Kier molecular flexibility index (Phi) is 2.42. The number of nitrogens with two attached hydrogens (primary N) is 1. The second-order valence-electron chi connectivity index (χ2n) is 4.71. The third-order valence-electron chi connectivity index (χ3n) is 3.66. The molecule has 0 bridgehead atoms. The lowest BCUT2D eigenvalue weighted by molar-refractivity contribution is 0.281. The normalized spacial score (nSPS) is 16.1. The third kappa shape index (κ3) is 1.64. The number of aromatic nitrogens is 2. The molecule has 4 heteroatoms. The van der Waals surface area contributed by atoms with Gasteiger partial charge in [-0.05, 0) is 30.9 Å². The Bertz CT molecular complexity index is 543. The van der Waals surface area contributed by atoms with Crippen LogP contribution in [0.4, 0.5) is 5.95 Å². The molecule has 0 amide bonds. The molecule has 1 heterocycles. The Balaban J connectivity index is 2.07. The van der Waals surface area contributed by atoms with Crippen molar-refractivity contribution in [2.75, 3.05) is 12.8 Å². The summed E-state index contributed by atoms with van der Waals surface area (Å²) in [7, 11) is 1.66. The van der Waals surface area contributed by atoms with Gasteiger partial charge in [0.15, 0.2) is 0 Å². The number of hydrogen-bond acceptors (Lipinski definition) is 3. The number of nitrogens with zero attached hydrogens (tertiary/aromatic N) is 2. The van der Waals surface area contributed by atoms with E-state index in [1.807, 2.05) is 12.1 Å². The summed E-state index contributed by atoms with van der Waals surface area (Å²) >= 11 is 0. The predicted octanol–water partition coefficient (Wildman–Crippen LogP) is 2.43. The first-order valence-corrected chi connectivity index (χ1v) is 6.08. The molecule has 4 nitrogen and oxygen atoms in total. The number of nitrogen functional groups attached to an aromatic ring is 1. The largest absolute Gasteiger partial charge is 0.494 e. The molecule has 1 aromatic carbocycles. The Labute approximate surface area is 100 Å². The van der Waals surface area contributed by atoms with Crippen molar-refractivity contribution in [2.45, 2.75) is 25.8 Å². The van der Waals surface area contributed by atoms with E-state index in [0.29, 0.717) is 5.95 Å². The van der Waals surface area contributed by atoms with Gasteiger partial charge in [-0.2, -0.15) is 0 Å². The summed E-state index contributed by atoms with van der Waals surface area (Å²) in [6.45, 7) is 0.982. The summed E-state index contributed by atoms with van der Waals surface area (Å²) in [6, 6.07) is 5.96. The fourth-order valence-electron chi connectivity index (χ4n) is 2.43. The van der Waals surface area contributed by atoms with E-state index >= 15 is 0 Å². The van der Waals surface area contributed by atoms with E-state index in [2.05, 4.69) is 15.6 Å². The number of ether oxygens (including phenoxy) is 1. The highest BCUT2D eigenvalue weighted by molar-refractivity contribution is 5.84. The monoisotopic (exact) mass is 231 g/mol. The van der Waals surface area contributed by atoms with Crippen molar-refractivity contribution in [1.29, 1.82) is 0 Å². The van der Waals surface area contributed by atoms with Gasteiger partial charge in [0.25, 0.3) is 0 Å². The maximum absolute atomic E-state index is 6.00. The highest BCUT2D eigenvalue weighted by Gasteiger charge is 2.20. The quantitative estimate of drug-likeness (QED) is 0.882. The fraction of sp³-hybridized carbons (Fsp3) is 0.462. The second kappa shape index (κ2) is 3.95. The molecule has 0 radical (unpaired) electrons. The van der Waals surface area contributed by atoms with Gasteiger partial charge >= 0.3 is 0 Å². The van der Waals surface area contributed by atoms with Crippen molar-refractivity contribution in [3.05, 3.63) is 18.2 Å². The molecule has 90 valence electrons. The molecule has 1 fully saturated rings. The first-order valence-electron chi connectivity index (χ1n) is 6.08. The molecular weight excluding hydrogens is 214 g/mol. The predicted molar refractivity (Wildman–Crippen MR) is 68.0 cm³/mol. The molecule has 2 aromatic rings. The standard InChI is InChI=1S/C13H17N3O/c1-17-11-7-3-6-10-12(11)15-13(14)16(10)8-9-4-2-5-9/h3,6-7,9H,2,4-5,8H2,1H3,(H2,14,15). The molecule has 0 aliphatic heterocycles. The number of benzene rings is 1. The van der Waals surface area contributed by atoms with E-state index in [4.69, 9.17) is 10.5 Å². The zero-order chi connectivity index (χ0) is 11.8. The van der Waals surface area contributed by atoms with E-state index in [0.717, 1.165) is 29.2 Å². The topological polar surface area (TPSA) is 53.1 Å². The number of fused-ring (bicyclic) bond motifs is 1. The van der Waals surface area contributed by atoms with Crippen molar-refractivity contribution < 1.29 is 4.74 Å². The molecule has 0 atom stereocenters. The molecular formula is C13H17N3O. The van der Waals surface area contributed by atoms with Gasteiger partial charge in [0, 0.05) is 6.54 Å². The summed E-state index contributed by atoms with van der Waals surface area (Å²) < 4.78 is 7.42. The van der Waals surface area contributed by atoms with E-state index in [1.165, 1.54) is 19.3 Å². The van der Waals surface area contributed by atoms with Gasteiger partial charge < -0.3 is 15.0 Å². The van der Waals surface area contributed by atoms with Crippen molar-refractivity contribution in [1.82, 2.24) is 9.55 Å². The number of methoxy groups -OCH3 is 1. The summed E-state index contributed by atoms with van der Waals surface area (Å²) in [5.74, 6) is 2.15. The second-order valence-corrected chi connectivity index (χ2v) is 4.71. The molecule has 17 heavy (non-hydrogen) atoms. The van der Waals surface area contributed by atoms with Crippen LogP contribution >= 0.6 is 0 Å². The molecule has 1 aromatic heterocycles. The third-order valence-corrected chi connectivity index (χ3v) is 3.66. The molecule has 3 rings (SSSR count). The average molecular weight is 231 g/mol. The molecule has 1 saturated carbocycles. The van der Waals surface area contributed by atoms with Crippen LogP contribution in [0.25, 0.3) is 11.0 Å². The van der Waals surface area contributed by atoms with Gasteiger partial charge in [0.1, 0.15) is 11.3 Å². The summed E-state index contributed by atoms with van der Waals surface area (Å²) in [5, 5.41) is 0. The molecule has 0 spiro atoms. The smallest absolute Gasteiger partial charge is 0.201 e. The molecule has 2 N–H and O–H groups in total. The van der Waals surface area contributed by atoms with Crippen LogP contribution in [0.3, 0.4) is 0 Å². The van der Waals surface area contributed by atoms with Crippen LogP contribution in [0.15, 0.2) is 18.2 Å². The van der Waals surface area contributed by atoms with Gasteiger partial charge in [0.05, 0.1) is 12.6 Å². The van der Waals surface area contributed by atoms with Gasteiger partial charge in [-0.25, -0.2) is 4.98 Å². The number of imidazole rings is 1. The van der Waals surface area contributed by atoms with E-state index in [-0.39, 0.29) is 0 Å². The van der Waals surface area contributed by atoms with Crippen LogP contribution in [0.2, 0.25) is 0 Å². The minimum atomic E-state index is 0.594. The number of rotatable bonds is 3. The van der Waals surface area contributed by atoms with Crippen molar-refractivity contribution in [3.8, 4) is 5.75 Å². The van der Waals surface area contributed by atoms with Gasteiger partial charge in [0.2, 0.25) is 5.95 Å². The first kappa shape index (κ1) is 10.4. The molecule has 0 unspecified atom stereocenters. The molecule has 1 aliphatic rings. The molecule has 1 aliphatic carbocycles. The van der Waals surface area contributed by atoms with Crippen LogP contribution in [0.5, 0.6) is 5.75 Å². The van der Waals surface area contributed by atoms with E-state index in [1.54, 1.807) is 7.11 Å². The van der Waals surface area contributed by atoms with Crippen LogP contribution in [0.1, 0.15) is 19.3 Å². The van der Waals surface area contributed by atoms with Gasteiger partial charge in [-0.15, -0.1) is 0 Å². The van der Waals surface area contributed by atoms with E-state index < -0.39 is 0 Å². The minimum Gasteiger partial charge on any atom is -0.494 e. The lowest BCUT2D eigenvalue weighted by Gasteiger charge is -2.26. The van der Waals surface area contributed by atoms with Crippen LogP contribution in [0, 0.1) is 5.92 Å². The number of anilines is 1. The number of hydrogen-bond donors (Lipinski definition) is 1. The van der Waals surface area contributed by atoms with Gasteiger partial charge in [-0.1, -0.05) is 12.5 Å². The van der Waals surface area contributed by atoms with Crippen LogP contribution in [-0.4, -0.2) is 16.7 Å². The van der Waals surface area contributed by atoms with E-state index in [9.17, 15) is 0 Å². The Morgan fingerprint density at radius 2 is 2.29 bits per heavy atom. The van der Waals surface area contributed by atoms with Gasteiger partial charge in [-0.3, -0.25) is 0 Å². The average Bonchev–Trinajstić information content (AvgIpc) is 2.59. The zero-order valence-corrected chi connectivity index (χ0v) is 10.0.